The smallest absolute Gasteiger partial charge is 0.242 e. The topological polar surface area (TPSA) is 105 Å². The molecule has 9 heteroatoms. The molecule has 102 valence electrons. The van der Waals surface area contributed by atoms with Crippen LogP contribution in [0.3, 0.4) is 0 Å². The van der Waals surface area contributed by atoms with Crippen LogP contribution in [0.2, 0.25) is 5.02 Å². The van der Waals surface area contributed by atoms with Crippen LogP contribution >= 0.6 is 11.6 Å². The second kappa shape index (κ2) is 5.66. The first-order chi connectivity index (χ1) is 9.03. The summed E-state index contributed by atoms with van der Waals surface area (Å²) in [6.07, 6.45) is 1.10. The molecule has 0 atom stereocenters. The van der Waals surface area contributed by atoms with Gasteiger partial charge in [-0.2, -0.15) is 4.98 Å². The maximum atomic E-state index is 12.1. The van der Waals surface area contributed by atoms with Crippen molar-refractivity contribution in [3.05, 3.63) is 41.0 Å². The summed E-state index contributed by atoms with van der Waals surface area (Å²) in [5.74, 6) is 0.206. The molecule has 7 nitrogen and oxygen atoms in total. The molecule has 0 spiro atoms. The summed E-state index contributed by atoms with van der Waals surface area (Å²) in [5.41, 5.74) is 0.448. The molecule has 0 saturated carbocycles. The Hall–Kier alpha value is -1.48. The van der Waals surface area contributed by atoms with Crippen molar-refractivity contribution in [3.8, 4) is 0 Å². The number of aromatic nitrogens is 2. The zero-order chi connectivity index (χ0) is 13.9. The lowest BCUT2D eigenvalue weighted by Gasteiger charge is -2.08. The minimum Gasteiger partial charge on any atom is -0.392 e. The van der Waals surface area contributed by atoms with E-state index in [-0.39, 0.29) is 28.9 Å². The highest BCUT2D eigenvalue weighted by molar-refractivity contribution is 7.89. The van der Waals surface area contributed by atoms with E-state index >= 15 is 0 Å². The number of aliphatic hydroxyl groups is 1. The predicted molar refractivity (Wildman–Crippen MR) is 65.7 cm³/mol. The van der Waals surface area contributed by atoms with E-state index in [2.05, 4.69) is 19.4 Å². The number of sulfonamides is 1. The molecule has 1 aromatic heterocycles. The maximum Gasteiger partial charge on any atom is 0.242 e. The minimum absolute atomic E-state index is 0.0674. The van der Waals surface area contributed by atoms with Crippen molar-refractivity contribution in [1.82, 2.24) is 14.9 Å². The van der Waals surface area contributed by atoms with Gasteiger partial charge in [-0.05, 0) is 17.7 Å². The molecule has 19 heavy (non-hydrogen) atoms. The number of halogens is 1. The van der Waals surface area contributed by atoms with Crippen molar-refractivity contribution in [2.45, 2.75) is 18.0 Å². The average molecular weight is 304 g/mol. The van der Waals surface area contributed by atoms with E-state index < -0.39 is 10.0 Å². The Kier molecular flexibility index (Phi) is 4.15. The second-order valence-electron chi connectivity index (χ2n) is 3.59. The highest BCUT2D eigenvalue weighted by Crippen LogP contribution is 2.22. The van der Waals surface area contributed by atoms with Gasteiger partial charge in [0.2, 0.25) is 16.4 Å². The molecular weight excluding hydrogens is 294 g/mol. The highest BCUT2D eigenvalue weighted by Gasteiger charge is 2.19. The Morgan fingerprint density at radius 1 is 1.42 bits per heavy atom. The number of nitrogens with one attached hydrogen (secondary N) is 1. The molecule has 0 aliphatic carbocycles. The average Bonchev–Trinajstić information content (AvgIpc) is 2.90. The van der Waals surface area contributed by atoms with Crippen LogP contribution in [0.25, 0.3) is 0 Å². The van der Waals surface area contributed by atoms with Gasteiger partial charge in [-0.3, -0.25) is 0 Å². The van der Waals surface area contributed by atoms with Crippen molar-refractivity contribution < 1.29 is 18.0 Å². The van der Waals surface area contributed by atoms with E-state index in [4.69, 9.17) is 16.7 Å². The molecule has 0 unspecified atom stereocenters. The van der Waals surface area contributed by atoms with Crippen LogP contribution < -0.4 is 4.72 Å². The summed E-state index contributed by atoms with van der Waals surface area (Å²) in [4.78, 5) is 3.58. The fourth-order valence-electron chi connectivity index (χ4n) is 1.36. The summed E-state index contributed by atoms with van der Waals surface area (Å²) in [7, 11) is -3.81. The first kappa shape index (κ1) is 13.9. The summed E-state index contributed by atoms with van der Waals surface area (Å²) in [5, 5.41) is 12.6. The third-order valence-corrected chi connectivity index (χ3v) is 4.18. The molecule has 0 radical (unpaired) electrons. The zero-order valence-electron chi connectivity index (χ0n) is 9.58. The van der Waals surface area contributed by atoms with Crippen molar-refractivity contribution in [1.29, 1.82) is 0 Å². The van der Waals surface area contributed by atoms with Gasteiger partial charge in [0, 0.05) is 0 Å². The molecule has 1 heterocycles. The number of hydrogen-bond acceptors (Lipinski definition) is 6. The van der Waals surface area contributed by atoms with Gasteiger partial charge in [-0.25, -0.2) is 13.1 Å². The van der Waals surface area contributed by atoms with Crippen molar-refractivity contribution in [3.63, 3.8) is 0 Å². The Balaban J connectivity index is 2.23. The lowest BCUT2D eigenvalue weighted by Crippen LogP contribution is -2.24. The first-order valence-corrected chi connectivity index (χ1v) is 7.03. The molecule has 0 fully saturated rings. The van der Waals surface area contributed by atoms with Crippen LogP contribution in [-0.2, 0) is 23.2 Å². The van der Waals surface area contributed by atoms with Gasteiger partial charge in [0.15, 0.2) is 5.82 Å². The van der Waals surface area contributed by atoms with Gasteiger partial charge in [-0.1, -0.05) is 22.8 Å². The molecular formula is C10H10ClN3O4S. The maximum absolute atomic E-state index is 12.1. The van der Waals surface area contributed by atoms with Gasteiger partial charge in [0.1, 0.15) is 4.90 Å². The fourth-order valence-corrected chi connectivity index (χ4v) is 2.89. The minimum atomic E-state index is -3.81. The summed E-state index contributed by atoms with van der Waals surface area (Å²) >= 11 is 5.85. The number of benzene rings is 1. The van der Waals surface area contributed by atoms with E-state index in [1.54, 1.807) is 6.07 Å². The Morgan fingerprint density at radius 2 is 2.21 bits per heavy atom. The van der Waals surface area contributed by atoms with Crippen LogP contribution in [0, 0.1) is 0 Å². The van der Waals surface area contributed by atoms with Crippen molar-refractivity contribution in [2.75, 3.05) is 0 Å². The number of nitrogens with zero attached hydrogens (tertiary/aromatic N) is 2. The van der Waals surface area contributed by atoms with E-state index in [1.807, 2.05) is 0 Å². The molecule has 2 N–H and O–H groups in total. The number of rotatable bonds is 5. The monoisotopic (exact) mass is 303 g/mol. The normalized spacial score (nSPS) is 11.7. The molecule has 0 aliphatic rings. The van der Waals surface area contributed by atoms with Crippen LogP contribution in [0.1, 0.15) is 11.4 Å². The van der Waals surface area contributed by atoms with Gasteiger partial charge in [0.05, 0.1) is 18.2 Å². The van der Waals surface area contributed by atoms with E-state index in [0.29, 0.717) is 5.56 Å². The third kappa shape index (κ3) is 3.29. The quantitative estimate of drug-likeness (QED) is 0.842. The summed E-state index contributed by atoms with van der Waals surface area (Å²) in [6.45, 7) is -0.386. The number of aliphatic hydroxyl groups excluding tert-OH is 1. The van der Waals surface area contributed by atoms with E-state index in [9.17, 15) is 8.42 Å². The van der Waals surface area contributed by atoms with Crippen LogP contribution in [0.15, 0.2) is 34.0 Å². The SMILES string of the molecule is O=S(=O)(NCc1ncon1)c1cc(CO)ccc1Cl. The van der Waals surface area contributed by atoms with Crippen molar-refractivity contribution >= 4 is 21.6 Å². The van der Waals surface area contributed by atoms with Gasteiger partial charge >= 0.3 is 0 Å². The first-order valence-electron chi connectivity index (χ1n) is 5.17. The van der Waals surface area contributed by atoms with Crippen molar-refractivity contribution in [2.24, 2.45) is 0 Å². The molecule has 0 bridgehead atoms. The van der Waals surface area contributed by atoms with E-state index in [0.717, 1.165) is 6.39 Å². The Labute approximate surface area is 114 Å². The lowest BCUT2D eigenvalue weighted by molar-refractivity contribution is 0.281. The molecule has 0 saturated heterocycles. The molecule has 2 rings (SSSR count). The molecule has 0 aliphatic heterocycles. The van der Waals surface area contributed by atoms with Crippen LogP contribution in [0.4, 0.5) is 0 Å². The second-order valence-corrected chi connectivity index (χ2v) is 5.74. The summed E-state index contributed by atoms with van der Waals surface area (Å²) < 4.78 is 30.9. The fraction of sp³-hybridized carbons (Fsp3) is 0.200. The van der Waals surface area contributed by atoms with Crippen LogP contribution in [0.5, 0.6) is 0 Å². The van der Waals surface area contributed by atoms with Gasteiger partial charge < -0.3 is 9.63 Å². The number of hydrogen-bond donors (Lipinski definition) is 2. The highest BCUT2D eigenvalue weighted by atomic mass is 35.5. The summed E-state index contributed by atoms with van der Waals surface area (Å²) in [6, 6.07) is 4.26. The predicted octanol–water partition coefficient (Wildman–Crippen LogP) is 0.694. The lowest BCUT2D eigenvalue weighted by atomic mass is 10.2. The molecule has 2 aromatic rings. The standard InChI is InChI=1S/C10H10ClN3O4S/c11-8-2-1-7(5-15)3-9(8)19(16,17)13-4-10-12-6-18-14-10/h1-3,6,13,15H,4-5H2. The largest absolute Gasteiger partial charge is 0.392 e. The van der Waals surface area contributed by atoms with Gasteiger partial charge in [0.25, 0.3) is 0 Å². The Morgan fingerprint density at radius 3 is 2.84 bits per heavy atom. The van der Waals surface area contributed by atoms with E-state index in [1.165, 1.54) is 12.1 Å². The van der Waals surface area contributed by atoms with Crippen LogP contribution in [-0.4, -0.2) is 23.7 Å². The van der Waals surface area contributed by atoms with Gasteiger partial charge in [-0.15, -0.1) is 0 Å². The third-order valence-electron chi connectivity index (χ3n) is 2.29. The zero-order valence-corrected chi connectivity index (χ0v) is 11.1. The Bertz CT molecular complexity index is 657. The molecule has 1 aromatic carbocycles. The molecule has 0 amide bonds.